The number of hydrogen-bond donors (Lipinski definition) is 3. The Kier molecular flexibility index (Phi) is 4.22. The van der Waals surface area contributed by atoms with Crippen LogP contribution >= 0.6 is 0 Å². The number of carbonyl (C=O) groups is 2. The average Bonchev–Trinajstić information content (AvgIpc) is 2.70. The molecular formula is C14H24N2O4. The van der Waals surface area contributed by atoms with E-state index in [1.807, 2.05) is 0 Å². The van der Waals surface area contributed by atoms with Gasteiger partial charge in [0, 0.05) is 19.0 Å². The van der Waals surface area contributed by atoms with Gasteiger partial charge in [0.1, 0.15) is 6.04 Å². The van der Waals surface area contributed by atoms with Crippen LogP contribution in [0, 0.1) is 5.41 Å². The van der Waals surface area contributed by atoms with Crippen molar-refractivity contribution in [3.63, 3.8) is 0 Å². The molecule has 6 nitrogen and oxygen atoms in total. The molecule has 1 saturated heterocycles. The molecular weight excluding hydrogens is 260 g/mol. The van der Waals surface area contributed by atoms with Gasteiger partial charge in [0.05, 0.1) is 6.10 Å². The Morgan fingerprint density at radius 3 is 2.65 bits per heavy atom. The van der Waals surface area contributed by atoms with Crippen molar-refractivity contribution in [3.8, 4) is 0 Å². The summed E-state index contributed by atoms with van der Waals surface area (Å²) >= 11 is 0. The van der Waals surface area contributed by atoms with Crippen LogP contribution in [0.15, 0.2) is 0 Å². The highest BCUT2D eigenvalue weighted by atomic mass is 16.4. The zero-order valence-corrected chi connectivity index (χ0v) is 12.1. The van der Waals surface area contributed by atoms with Crippen molar-refractivity contribution in [1.29, 1.82) is 0 Å². The van der Waals surface area contributed by atoms with Gasteiger partial charge in [0.2, 0.25) is 0 Å². The van der Waals surface area contributed by atoms with Crippen molar-refractivity contribution in [2.24, 2.45) is 5.41 Å². The number of carbonyl (C=O) groups excluding carboxylic acids is 1. The van der Waals surface area contributed by atoms with Crippen LogP contribution in [-0.2, 0) is 4.79 Å². The van der Waals surface area contributed by atoms with Gasteiger partial charge < -0.3 is 20.4 Å². The van der Waals surface area contributed by atoms with Gasteiger partial charge in [-0.1, -0.05) is 20.3 Å². The standard InChI is InChI=1S/C14H24N2O4/c1-14(2)5-3-4-9(7-14)15-13(20)16-8-10(17)6-11(16)12(18)19/h9-11,17H,3-8H2,1-2H3,(H,15,20)(H,18,19)/t9?,10?,11-/m0/s1. The van der Waals surface area contributed by atoms with E-state index in [9.17, 15) is 14.7 Å². The zero-order chi connectivity index (χ0) is 14.9. The number of nitrogens with one attached hydrogen (secondary N) is 1. The summed E-state index contributed by atoms with van der Waals surface area (Å²) in [6.07, 6.45) is 3.43. The Morgan fingerprint density at radius 2 is 2.05 bits per heavy atom. The molecule has 0 aromatic heterocycles. The SMILES string of the molecule is CC1(C)CCCC(NC(=O)N2CC(O)C[C@H]2C(=O)O)C1. The largest absolute Gasteiger partial charge is 0.480 e. The Labute approximate surface area is 119 Å². The lowest BCUT2D eigenvalue weighted by Gasteiger charge is -2.36. The van der Waals surface area contributed by atoms with E-state index in [0.29, 0.717) is 0 Å². The number of hydrogen-bond acceptors (Lipinski definition) is 3. The lowest BCUT2D eigenvalue weighted by Crippen LogP contribution is -2.50. The van der Waals surface area contributed by atoms with Crippen LogP contribution in [0.3, 0.4) is 0 Å². The molecule has 3 N–H and O–H groups in total. The van der Waals surface area contributed by atoms with Crippen LogP contribution in [-0.4, -0.2) is 51.8 Å². The smallest absolute Gasteiger partial charge is 0.326 e. The summed E-state index contributed by atoms with van der Waals surface area (Å²) in [5, 5.41) is 21.6. The van der Waals surface area contributed by atoms with Gasteiger partial charge in [-0.2, -0.15) is 0 Å². The predicted molar refractivity (Wildman–Crippen MR) is 73.3 cm³/mol. The fourth-order valence-electron chi connectivity index (χ4n) is 3.35. The van der Waals surface area contributed by atoms with E-state index in [1.54, 1.807) is 0 Å². The van der Waals surface area contributed by atoms with Crippen molar-refractivity contribution >= 4 is 12.0 Å². The molecule has 2 aliphatic rings. The van der Waals surface area contributed by atoms with E-state index >= 15 is 0 Å². The number of rotatable bonds is 2. The molecule has 2 fully saturated rings. The fourth-order valence-corrected chi connectivity index (χ4v) is 3.35. The number of aliphatic hydroxyl groups excluding tert-OH is 1. The van der Waals surface area contributed by atoms with E-state index in [2.05, 4.69) is 19.2 Å². The normalized spacial score (nSPS) is 33.0. The van der Waals surface area contributed by atoms with Gasteiger partial charge in [-0.05, 0) is 24.7 Å². The highest BCUT2D eigenvalue weighted by Crippen LogP contribution is 2.35. The first-order chi connectivity index (χ1) is 9.28. The second kappa shape index (κ2) is 5.60. The Hall–Kier alpha value is -1.30. The molecule has 2 rings (SSSR count). The molecule has 0 radical (unpaired) electrons. The Bertz CT molecular complexity index is 397. The molecule has 20 heavy (non-hydrogen) atoms. The van der Waals surface area contributed by atoms with Crippen molar-refractivity contribution < 1.29 is 19.8 Å². The third kappa shape index (κ3) is 3.42. The first kappa shape index (κ1) is 15.1. The molecule has 0 aromatic carbocycles. The number of aliphatic carboxylic acids is 1. The van der Waals surface area contributed by atoms with Crippen LogP contribution in [0.2, 0.25) is 0 Å². The minimum Gasteiger partial charge on any atom is -0.480 e. The summed E-state index contributed by atoms with van der Waals surface area (Å²) in [7, 11) is 0. The van der Waals surface area contributed by atoms with Gasteiger partial charge in [-0.3, -0.25) is 0 Å². The summed E-state index contributed by atoms with van der Waals surface area (Å²) in [6.45, 7) is 4.47. The second-order valence-corrected chi connectivity index (χ2v) is 6.80. The predicted octanol–water partition coefficient (Wildman–Crippen LogP) is 1.18. The second-order valence-electron chi connectivity index (χ2n) is 6.80. The minimum absolute atomic E-state index is 0.0958. The van der Waals surface area contributed by atoms with Crippen LogP contribution < -0.4 is 5.32 Å². The van der Waals surface area contributed by atoms with Gasteiger partial charge in [-0.15, -0.1) is 0 Å². The number of nitrogens with zero attached hydrogens (tertiary/aromatic N) is 1. The number of urea groups is 1. The maximum Gasteiger partial charge on any atom is 0.326 e. The molecule has 114 valence electrons. The maximum absolute atomic E-state index is 12.2. The molecule has 1 saturated carbocycles. The van der Waals surface area contributed by atoms with Crippen molar-refractivity contribution in [2.45, 2.75) is 64.1 Å². The molecule has 2 unspecified atom stereocenters. The van der Waals surface area contributed by atoms with Crippen LogP contribution in [0.5, 0.6) is 0 Å². The molecule has 1 aliphatic heterocycles. The molecule has 1 aliphatic carbocycles. The summed E-state index contributed by atoms with van der Waals surface area (Å²) in [4.78, 5) is 24.6. The lowest BCUT2D eigenvalue weighted by molar-refractivity contribution is -0.141. The van der Waals surface area contributed by atoms with E-state index in [0.717, 1.165) is 25.7 Å². The summed E-state index contributed by atoms with van der Waals surface area (Å²) in [5.41, 5.74) is 0.215. The van der Waals surface area contributed by atoms with Gasteiger partial charge in [0.25, 0.3) is 0 Å². The van der Waals surface area contributed by atoms with E-state index < -0.39 is 18.1 Å². The van der Waals surface area contributed by atoms with E-state index in [1.165, 1.54) is 4.90 Å². The molecule has 0 spiro atoms. The van der Waals surface area contributed by atoms with Crippen LogP contribution in [0.4, 0.5) is 4.79 Å². The molecule has 0 aromatic rings. The van der Waals surface area contributed by atoms with Gasteiger partial charge >= 0.3 is 12.0 Å². The zero-order valence-electron chi connectivity index (χ0n) is 12.1. The molecule has 1 heterocycles. The van der Waals surface area contributed by atoms with Crippen molar-refractivity contribution in [1.82, 2.24) is 10.2 Å². The van der Waals surface area contributed by atoms with Gasteiger partial charge in [-0.25, -0.2) is 9.59 Å². The topological polar surface area (TPSA) is 89.9 Å². The Morgan fingerprint density at radius 1 is 1.35 bits per heavy atom. The number of likely N-dealkylation sites (tertiary alicyclic amines) is 1. The molecule has 0 bridgehead atoms. The summed E-state index contributed by atoms with van der Waals surface area (Å²) < 4.78 is 0. The van der Waals surface area contributed by atoms with E-state index in [4.69, 9.17) is 5.11 Å². The number of amides is 2. The van der Waals surface area contributed by atoms with Gasteiger partial charge in [0.15, 0.2) is 0 Å². The van der Waals surface area contributed by atoms with Crippen molar-refractivity contribution in [2.75, 3.05) is 6.54 Å². The summed E-state index contributed by atoms with van der Waals surface area (Å²) in [6, 6.07) is -1.18. The van der Waals surface area contributed by atoms with Crippen LogP contribution in [0.25, 0.3) is 0 Å². The number of β-amino-alcohol motifs (C(OH)–C–C–N with tert-alkyl or cyclic N) is 1. The van der Waals surface area contributed by atoms with Crippen molar-refractivity contribution in [3.05, 3.63) is 0 Å². The number of carboxylic acid groups (broad SMARTS) is 1. The quantitative estimate of drug-likeness (QED) is 0.710. The highest BCUT2D eigenvalue weighted by molar-refractivity contribution is 5.83. The number of carboxylic acids is 1. The molecule has 2 amide bonds. The lowest BCUT2D eigenvalue weighted by atomic mass is 9.75. The monoisotopic (exact) mass is 284 g/mol. The minimum atomic E-state index is -1.05. The fraction of sp³-hybridized carbons (Fsp3) is 0.857. The number of aliphatic hydroxyl groups is 1. The summed E-state index contributed by atoms with van der Waals surface area (Å²) in [5.74, 6) is -1.05. The Balaban J connectivity index is 1.95. The highest BCUT2D eigenvalue weighted by Gasteiger charge is 2.40. The molecule has 3 atom stereocenters. The third-order valence-electron chi connectivity index (χ3n) is 4.36. The first-order valence-electron chi connectivity index (χ1n) is 7.26. The van der Waals surface area contributed by atoms with Crippen LogP contribution in [0.1, 0.15) is 46.0 Å². The molecule has 6 heteroatoms. The van der Waals surface area contributed by atoms with E-state index in [-0.39, 0.29) is 30.5 Å². The maximum atomic E-state index is 12.2. The first-order valence-corrected chi connectivity index (χ1v) is 7.26. The average molecular weight is 284 g/mol. The third-order valence-corrected chi connectivity index (χ3v) is 4.36.